The summed E-state index contributed by atoms with van der Waals surface area (Å²) in [5, 5.41) is 14.7. The number of nitrogens with one attached hydrogen (secondary N) is 1. The zero-order chi connectivity index (χ0) is 22.9. The van der Waals surface area contributed by atoms with E-state index >= 15 is 0 Å². The van der Waals surface area contributed by atoms with Crippen molar-refractivity contribution in [2.75, 3.05) is 4.90 Å². The lowest BCUT2D eigenvalue weighted by atomic mass is 9.96. The van der Waals surface area contributed by atoms with Gasteiger partial charge in [0.25, 0.3) is 0 Å². The normalized spacial score (nSPS) is 17.9. The van der Waals surface area contributed by atoms with Crippen LogP contribution in [0.2, 0.25) is 0 Å². The third-order valence-corrected chi connectivity index (χ3v) is 6.58. The number of rotatable bonds is 5. The predicted molar refractivity (Wildman–Crippen MR) is 133 cm³/mol. The first kappa shape index (κ1) is 21.2. The van der Waals surface area contributed by atoms with Crippen molar-refractivity contribution in [3.8, 4) is 5.75 Å². The molecule has 5 rings (SSSR count). The van der Waals surface area contributed by atoms with Crippen molar-refractivity contribution in [2.24, 2.45) is 0 Å². The minimum absolute atomic E-state index is 0.159. The number of aromatic nitrogens is 3. The molecule has 1 saturated heterocycles. The van der Waals surface area contributed by atoms with Gasteiger partial charge in [0, 0.05) is 36.5 Å². The molecule has 0 spiro atoms. The second kappa shape index (κ2) is 8.67. The summed E-state index contributed by atoms with van der Waals surface area (Å²) in [5.74, 6) is 0.193. The first-order valence-corrected chi connectivity index (χ1v) is 11.3. The van der Waals surface area contributed by atoms with Crippen molar-refractivity contribution in [3.63, 3.8) is 0 Å². The SMILES string of the molecule is Cc1cc([C@@H]2[C@H](c3ccccn3)NC(=S)N2c2ccccc2O)c(C)n1Cc1ccncc1. The number of phenols is 1. The number of anilines is 1. The van der Waals surface area contributed by atoms with E-state index in [0.29, 0.717) is 10.8 Å². The number of para-hydroxylation sites is 2. The highest BCUT2D eigenvalue weighted by atomic mass is 32.1. The third kappa shape index (κ3) is 3.85. The standard InChI is InChI=1S/C26H25N5OS/c1-17-15-20(18(2)30(17)16-19-10-13-27-14-11-19)25-24(21-7-5-6-12-28-21)29-26(33)31(25)22-8-3-4-9-23(22)32/h3-15,24-25,32H,16H2,1-2H3,(H,29,33)/t24-,25+/m0/s1. The molecular weight excluding hydrogens is 430 g/mol. The van der Waals surface area contributed by atoms with Crippen LogP contribution in [0.5, 0.6) is 5.75 Å². The van der Waals surface area contributed by atoms with Crippen LogP contribution in [0.3, 0.4) is 0 Å². The van der Waals surface area contributed by atoms with Gasteiger partial charge in [-0.05, 0) is 79.7 Å². The fourth-order valence-electron chi connectivity index (χ4n) is 4.64. The summed E-state index contributed by atoms with van der Waals surface area (Å²) in [4.78, 5) is 10.8. The number of thiocarbonyl (C=S) groups is 1. The summed E-state index contributed by atoms with van der Waals surface area (Å²) in [5.41, 5.74) is 6.24. The van der Waals surface area contributed by atoms with E-state index < -0.39 is 0 Å². The van der Waals surface area contributed by atoms with Crippen LogP contribution in [0.4, 0.5) is 5.69 Å². The Morgan fingerprint density at radius 2 is 1.76 bits per heavy atom. The second-order valence-electron chi connectivity index (χ2n) is 8.25. The van der Waals surface area contributed by atoms with Gasteiger partial charge in [0.2, 0.25) is 0 Å². The molecule has 1 aliphatic heterocycles. The van der Waals surface area contributed by atoms with Crippen LogP contribution in [-0.2, 0) is 6.54 Å². The van der Waals surface area contributed by atoms with Crippen LogP contribution < -0.4 is 10.2 Å². The van der Waals surface area contributed by atoms with E-state index in [-0.39, 0.29) is 17.8 Å². The Morgan fingerprint density at radius 3 is 2.48 bits per heavy atom. The van der Waals surface area contributed by atoms with Crippen molar-refractivity contribution >= 4 is 23.0 Å². The lowest BCUT2D eigenvalue weighted by Crippen LogP contribution is -2.29. The lowest BCUT2D eigenvalue weighted by Gasteiger charge is -2.28. The molecule has 0 saturated carbocycles. The van der Waals surface area contributed by atoms with Gasteiger partial charge >= 0.3 is 0 Å². The molecule has 1 aromatic carbocycles. The highest BCUT2D eigenvalue weighted by Crippen LogP contribution is 2.45. The number of hydrogen-bond acceptors (Lipinski definition) is 4. The molecule has 0 aliphatic carbocycles. The first-order valence-electron chi connectivity index (χ1n) is 10.9. The Morgan fingerprint density at radius 1 is 1.00 bits per heavy atom. The highest BCUT2D eigenvalue weighted by molar-refractivity contribution is 7.80. The molecule has 2 N–H and O–H groups in total. The molecule has 2 atom stereocenters. The van der Waals surface area contributed by atoms with E-state index in [2.05, 4.69) is 39.8 Å². The molecule has 6 nitrogen and oxygen atoms in total. The van der Waals surface area contributed by atoms with Gasteiger partial charge in [0.1, 0.15) is 5.75 Å². The summed E-state index contributed by atoms with van der Waals surface area (Å²) in [6.45, 7) is 5.03. The van der Waals surface area contributed by atoms with E-state index in [1.165, 1.54) is 5.56 Å². The van der Waals surface area contributed by atoms with Crippen LogP contribution in [0.25, 0.3) is 0 Å². The van der Waals surface area contributed by atoms with E-state index in [1.54, 1.807) is 12.3 Å². The average Bonchev–Trinajstić information content (AvgIpc) is 3.31. The number of aryl methyl sites for hydroxylation is 1. The average molecular weight is 456 g/mol. The van der Waals surface area contributed by atoms with Gasteiger partial charge in [-0.1, -0.05) is 18.2 Å². The van der Waals surface area contributed by atoms with Gasteiger partial charge in [-0.3, -0.25) is 9.97 Å². The minimum atomic E-state index is -0.168. The Kier molecular flexibility index (Phi) is 5.56. The van der Waals surface area contributed by atoms with Gasteiger partial charge in [0.15, 0.2) is 5.11 Å². The molecule has 0 bridgehead atoms. The number of phenolic OH excluding ortho intramolecular Hbond substituents is 1. The number of benzene rings is 1. The summed E-state index contributed by atoms with van der Waals surface area (Å²) in [6.07, 6.45) is 5.44. The minimum Gasteiger partial charge on any atom is -0.506 e. The lowest BCUT2D eigenvalue weighted by molar-refractivity contribution is 0.472. The Hall–Kier alpha value is -3.71. The van der Waals surface area contributed by atoms with Crippen molar-refractivity contribution in [1.82, 2.24) is 19.9 Å². The summed E-state index contributed by atoms with van der Waals surface area (Å²) >= 11 is 5.79. The molecule has 33 heavy (non-hydrogen) atoms. The quantitative estimate of drug-likeness (QED) is 0.421. The third-order valence-electron chi connectivity index (χ3n) is 6.26. The van der Waals surface area contributed by atoms with Crippen LogP contribution in [-0.4, -0.2) is 24.8 Å². The first-order chi connectivity index (χ1) is 16.0. The molecule has 3 aromatic heterocycles. The highest BCUT2D eigenvalue weighted by Gasteiger charge is 2.42. The van der Waals surface area contributed by atoms with Gasteiger partial charge in [0.05, 0.1) is 23.5 Å². The number of aromatic hydroxyl groups is 1. The van der Waals surface area contributed by atoms with Crippen LogP contribution in [0.15, 0.2) is 79.3 Å². The zero-order valence-electron chi connectivity index (χ0n) is 18.5. The molecule has 166 valence electrons. The molecule has 4 heterocycles. The van der Waals surface area contributed by atoms with E-state index in [4.69, 9.17) is 12.2 Å². The van der Waals surface area contributed by atoms with Crippen molar-refractivity contribution in [3.05, 3.63) is 107 Å². The fourth-order valence-corrected chi connectivity index (χ4v) is 4.98. The van der Waals surface area contributed by atoms with Crippen molar-refractivity contribution < 1.29 is 5.11 Å². The maximum Gasteiger partial charge on any atom is 0.174 e. The van der Waals surface area contributed by atoms with Crippen LogP contribution in [0, 0.1) is 13.8 Å². The Labute approximate surface area is 198 Å². The topological polar surface area (TPSA) is 66.2 Å². The molecule has 0 amide bonds. The van der Waals surface area contributed by atoms with E-state index in [9.17, 15) is 5.11 Å². The van der Waals surface area contributed by atoms with Gasteiger partial charge in [-0.15, -0.1) is 0 Å². The fraction of sp³-hybridized carbons (Fsp3) is 0.192. The van der Waals surface area contributed by atoms with Crippen LogP contribution in [0.1, 0.15) is 40.3 Å². The predicted octanol–water partition coefficient (Wildman–Crippen LogP) is 4.83. The Bertz CT molecular complexity index is 1290. The molecular formula is C26H25N5OS. The zero-order valence-corrected chi connectivity index (χ0v) is 19.3. The largest absolute Gasteiger partial charge is 0.506 e. The van der Waals surface area contributed by atoms with Crippen molar-refractivity contribution in [1.29, 1.82) is 0 Å². The molecule has 1 aliphatic rings. The molecule has 4 aromatic rings. The van der Waals surface area contributed by atoms with Crippen molar-refractivity contribution in [2.45, 2.75) is 32.5 Å². The smallest absolute Gasteiger partial charge is 0.174 e. The molecule has 0 radical (unpaired) electrons. The maximum absolute atomic E-state index is 10.7. The summed E-state index contributed by atoms with van der Waals surface area (Å²) in [7, 11) is 0. The number of hydrogen-bond donors (Lipinski definition) is 2. The number of nitrogens with zero attached hydrogens (tertiary/aromatic N) is 4. The Balaban J connectivity index is 1.64. The molecule has 7 heteroatoms. The number of pyridine rings is 2. The molecule has 0 unspecified atom stereocenters. The second-order valence-corrected chi connectivity index (χ2v) is 8.64. The molecule has 1 fully saturated rings. The summed E-state index contributed by atoms with van der Waals surface area (Å²) < 4.78 is 2.31. The van der Waals surface area contributed by atoms with E-state index in [0.717, 1.165) is 29.2 Å². The monoisotopic (exact) mass is 455 g/mol. The maximum atomic E-state index is 10.7. The van der Waals surface area contributed by atoms with Crippen LogP contribution >= 0.6 is 12.2 Å². The van der Waals surface area contributed by atoms with Gasteiger partial charge < -0.3 is 19.9 Å². The van der Waals surface area contributed by atoms with Gasteiger partial charge in [-0.2, -0.15) is 0 Å². The van der Waals surface area contributed by atoms with E-state index in [1.807, 2.05) is 65.8 Å². The van der Waals surface area contributed by atoms with Gasteiger partial charge in [-0.25, -0.2) is 0 Å². The summed E-state index contributed by atoms with van der Waals surface area (Å²) in [6, 6.07) is 19.2.